The van der Waals surface area contributed by atoms with Crippen LogP contribution in [-0.4, -0.2) is 32.7 Å². The largest absolute Gasteiger partial charge is 0.506 e. The van der Waals surface area contributed by atoms with Gasteiger partial charge in [0.25, 0.3) is 5.91 Å². The first-order valence-corrected chi connectivity index (χ1v) is 4.93. The maximum Gasteiger partial charge on any atom is 0.252 e. The van der Waals surface area contributed by atoms with Crippen molar-refractivity contribution in [2.45, 2.75) is 6.42 Å². The van der Waals surface area contributed by atoms with Crippen LogP contribution >= 0.6 is 0 Å². The van der Waals surface area contributed by atoms with Crippen molar-refractivity contribution < 1.29 is 14.4 Å². The van der Waals surface area contributed by atoms with Crippen molar-refractivity contribution in [3.05, 3.63) is 36.2 Å². The molecule has 2 N–H and O–H groups in total. The summed E-state index contributed by atoms with van der Waals surface area (Å²) in [5.41, 5.74) is 0.301. The second-order valence-electron chi connectivity index (χ2n) is 3.27. The fourth-order valence-electron chi connectivity index (χ4n) is 1.24. The van der Waals surface area contributed by atoms with Gasteiger partial charge >= 0.3 is 0 Å². The maximum atomic E-state index is 11.6. The van der Waals surface area contributed by atoms with Crippen molar-refractivity contribution in [1.82, 2.24) is 20.4 Å². The summed E-state index contributed by atoms with van der Waals surface area (Å²) in [6, 6.07) is 1.34. The molecule has 7 heteroatoms. The molecule has 0 aliphatic heterocycles. The van der Waals surface area contributed by atoms with E-state index in [1.165, 1.54) is 24.8 Å². The van der Waals surface area contributed by atoms with Gasteiger partial charge in [-0.3, -0.25) is 9.78 Å². The lowest BCUT2D eigenvalue weighted by Crippen LogP contribution is -2.25. The number of carbonyl (C=O) groups is 1. The molecule has 2 aromatic heterocycles. The standard InChI is InChI=1S/C10H10N4O3/c15-8-3-7(4-11-5-8)10(16)12-2-1-9-13-6-14-17-9/h3-6,15H,1-2H2,(H,12,16). The number of hydrogen-bond acceptors (Lipinski definition) is 6. The Balaban J connectivity index is 1.85. The molecule has 0 saturated heterocycles. The second kappa shape index (κ2) is 5.06. The molecule has 7 nitrogen and oxygen atoms in total. The summed E-state index contributed by atoms with van der Waals surface area (Å²) in [6.45, 7) is 0.372. The third-order valence-corrected chi connectivity index (χ3v) is 2.02. The lowest BCUT2D eigenvalue weighted by Gasteiger charge is -2.03. The minimum absolute atomic E-state index is 0.0467. The molecule has 0 saturated carbocycles. The Bertz CT molecular complexity index is 498. The summed E-state index contributed by atoms with van der Waals surface area (Å²) in [5.74, 6) is 0.0989. The quantitative estimate of drug-likeness (QED) is 0.780. The first kappa shape index (κ1) is 11.1. The summed E-state index contributed by atoms with van der Waals surface area (Å²) >= 11 is 0. The summed E-state index contributed by atoms with van der Waals surface area (Å²) in [5, 5.41) is 15.3. The SMILES string of the molecule is O=C(NCCc1ncno1)c1cncc(O)c1. The Morgan fingerprint density at radius 3 is 3.06 bits per heavy atom. The average Bonchev–Trinajstić information content (AvgIpc) is 2.82. The number of hydrogen-bond donors (Lipinski definition) is 2. The smallest absolute Gasteiger partial charge is 0.252 e. The van der Waals surface area contributed by atoms with Crippen molar-refractivity contribution in [1.29, 1.82) is 0 Å². The number of amides is 1. The van der Waals surface area contributed by atoms with Gasteiger partial charge in [0.2, 0.25) is 5.89 Å². The lowest BCUT2D eigenvalue weighted by molar-refractivity contribution is 0.0952. The van der Waals surface area contributed by atoms with Gasteiger partial charge in [-0.2, -0.15) is 4.98 Å². The van der Waals surface area contributed by atoms with Crippen LogP contribution in [0.3, 0.4) is 0 Å². The number of carbonyl (C=O) groups excluding carboxylic acids is 1. The van der Waals surface area contributed by atoms with E-state index in [0.717, 1.165) is 0 Å². The van der Waals surface area contributed by atoms with Gasteiger partial charge < -0.3 is 14.9 Å². The number of nitrogens with one attached hydrogen (secondary N) is 1. The van der Waals surface area contributed by atoms with E-state index in [1.54, 1.807) is 0 Å². The van der Waals surface area contributed by atoms with Crippen LogP contribution in [-0.2, 0) is 6.42 Å². The van der Waals surface area contributed by atoms with Gasteiger partial charge in [0, 0.05) is 19.2 Å². The number of rotatable bonds is 4. The number of nitrogens with zero attached hydrogens (tertiary/aromatic N) is 3. The zero-order chi connectivity index (χ0) is 12.1. The highest BCUT2D eigenvalue weighted by Crippen LogP contribution is 2.07. The van der Waals surface area contributed by atoms with Gasteiger partial charge in [-0.15, -0.1) is 0 Å². The van der Waals surface area contributed by atoms with E-state index in [2.05, 4.69) is 20.4 Å². The van der Waals surface area contributed by atoms with Gasteiger partial charge in [0.1, 0.15) is 5.75 Å². The molecule has 2 heterocycles. The van der Waals surface area contributed by atoms with Gasteiger partial charge in [-0.25, -0.2) is 0 Å². The normalized spacial score (nSPS) is 10.1. The zero-order valence-corrected chi connectivity index (χ0v) is 8.83. The van der Waals surface area contributed by atoms with Crippen LogP contribution in [0.25, 0.3) is 0 Å². The van der Waals surface area contributed by atoms with Crippen molar-refractivity contribution >= 4 is 5.91 Å². The van der Waals surface area contributed by atoms with Gasteiger partial charge in [-0.05, 0) is 6.07 Å². The molecule has 88 valence electrons. The van der Waals surface area contributed by atoms with Crippen molar-refractivity contribution in [2.75, 3.05) is 6.54 Å². The Labute approximate surface area is 96.5 Å². The molecular formula is C10H10N4O3. The van der Waals surface area contributed by atoms with E-state index in [0.29, 0.717) is 24.4 Å². The third-order valence-electron chi connectivity index (χ3n) is 2.02. The molecule has 0 aliphatic carbocycles. The molecule has 0 spiro atoms. The van der Waals surface area contributed by atoms with Crippen LogP contribution in [0.1, 0.15) is 16.2 Å². The maximum absolute atomic E-state index is 11.6. The fourth-order valence-corrected chi connectivity index (χ4v) is 1.24. The topological polar surface area (TPSA) is 101 Å². The Morgan fingerprint density at radius 1 is 1.47 bits per heavy atom. The van der Waals surface area contributed by atoms with Crippen molar-refractivity contribution in [2.24, 2.45) is 0 Å². The highest BCUT2D eigenvalue weighted by molar-refractivity contribution is 5.94. The monoisotopic (exact) mass is 234 g/mol. The van der Waals surface area contributed by atoms with E-state index in [9.17, 15) is 4.79 Å². The predicted octanol–water partition coefficient (Wildman–Crippen LogP) is 0.143. The van der Waals surface area contributed by atoms with Gasteiger partial charge in [0.05, 0.1) is 11.8 Å². The average molecular weight is 234 g/mol. The highest BCUT2D eigenvalue weighted by Gasteiger charge is 2.07. The van der Waals surface area contributed by atoms with Crippen LogP contribution in [0, 0.1) is 0 Å². The minimum atomic E-state index is -0.312. The molecule has 0 unspecified atom stereocenters. The summed E-state index contributed by atoms with van der Waals surface area (Å²) < 4.78 is 4.78. The van der Waals surface area contributed by atoms with Gasteiger partial charge in [-0.1, -0.05) is 5.16 Å². The minimum Gasteiger partial charge on any atom is -0.506 e. The summed E-state index contributed by atoms with van der Waals surface area (Å²) in [7, 11) is 0. The predicted molar refractivity (Wildman–Crippen MR) is 56.2 cm³/mol. The van der Waals surface area contributed by atoms with E-state index in [1.807, 2.05) is 0 Å². The molecule has 17 heavy (non-hydrogen) atoms. The first-order chi connectivity index (χ1) is 8.25. The van der Waals surface area contributed by atoms with Crippen LogP contribution in [0.5, 0.6) is 5.75 Å². The molecule has 2 rings (SSSR count). The first-order valence-electron chi connectivity index (χ1n) is 4.93. The van der Waals surface area contributed by atoms with E-state index >= 15 is 0 Å². The molecule has 0 radical (unpaired) electrons. The summed E-state index contributed by atoms with van der Waals surface area (Å²) in [6.07, 6.45) is 4.39. The molecule has 0 fully saturated rings. The van der Waals surface area contributed by atoms with Crippen molar-refractivity contribution in [3.8, 4) is 5.75 Å². The van der Waals surface area contributed by atoms with E-state index in [4.69, 9.17) is 9.63 Å². The van der Waals surface area contributed by atoms with Crippen LogP contribution in [0.4, 0.5) is 0 Å². The molecule has 0 bridgehead atoms. The molecule has 0 aliphatic rings. The Hall–Kier alpha value is -2.44. The molecule has 2 aromatic rings. The highest BCUT2D eigenvalue weighted by atomic mass is 16.5. The fraction of sp³-hybridized carbons (Fsp3) is 0.200. The van der Waals surface area contributed by atoms with E-state index in [-0.39, 0.29) is 11.7 Å². The lowest BCUT2D eigenvalue weighted by atomic mass is 10.2. The Morgan fingerprint density at radius 2 is 2.35 bits per heavy atom. The van der Waals surface area contributed by atoms with Crippen molar-refractivity contribution in [3.63, 3.8) is 0 Å². The molecule has 1 amide bonds. The molecular weight excluding hydrogens is 224 g/mol. The Kier molecular flexibility index (Phi) is 3.29. The van der Waals surface area contributed by atoms with E-state index < -0.39 is 0 Å². The zero-order valence-electron chi connectivity index (χ0n) is 8.83. The summed E-state index contributed by atoms with van der Waals surface area (Å²) in [4.78, 5) is 19.1. The van der Waals surface area contributed by atoms with Crippen LogP contribution in [0.2, 0.25) is 0 Å². The number of aromatic nitrogens is 3. The third kappa shape index (κ3) is 3.00. The molecule has 0 atom stereocenters. The number of pyridine rings is 1. The number of aromatic hydroxyl groups is 1. The van der Waals surface area contributed by atoms with Crippen LogP contribution in [0.15, 0.2) is 29.3 Å². The second-order valence-corrected chi connectivity index (χ2v) is 3.27. The van der Waals surface area contributed by atoms with Gasteiger partial charge in [0.15, 0.2) is 6.33 Å². The van der Waals surface area contributed by atoms with Crippen LogP contribution < -0.4 is 5.32 Å². The molecule has 0 aromatic carbocycles.